The summed E-state index contributed by atoms with van der Waals surface area (Å²) < 4.78 is 5.60. The van der Waals surface area contributed by atoms with Gasteiger partial charge in [-0.25, -0.2) is 0 Å². The molecule has 0 spiro atoms. The molecular weight excluding hydrogens is 202 g/mol. The molecule has 0 fully saturated rings. The lowest BCUT2D eigenvalue weighted by Gasteiger charge is -1.91. The largest absolute Gasteiger partial charge is 0.508 e. The fourth-order valence-electron chi connectivity index (χ4n) is 1.87. The van der Waals surface area contributed by atoms with E-state index in [0.29, 0.717) is 16.7 Å². The summed E-state index contributed by atoms with van der Waals surface area (Å²) in [5.74, 6) is 0.192. The zero-order valence-corrected chi connectivity index (χ0v) is 8.27. The predicted octanol–water partition coefficient (Wildman–Crippen LogP) is 3.16. The average molecular weight is 209 g/mol. The zero-order valence-electron chi connectivity index (χ0n) is 8.27. The summed E-state index contributed by atoms with van der Waals surface area (Å²) in [5, 5.41) is 20.1. The number of fused-ring (bicyclic) bond motifs is 3. The second-order valence-electron chi connectivity index (χ2n) is 3.58. The molecule has 16 heavy (non-hydrogen) atoms. The van der Waals surface area contributed by atoms with Crippen molar-refractivity contribution >= 4 is 21.9 Å². The monoisotopic (exact) mass is 209 g/mol. The van der Waals surface area contributed by atoms with Gasteiger partial charge in [0.25, 0.3) is 0 Å². The Morgan fingerprint density at radius 1 is 1.12 bits per heavy atom. The second kappa shape index (κ2) is 3.01. The summed E-state index contributed by atoms with van der Waals surface area (Å²) in [7, 11) is 0. The first-order valence-corrected chi connectivity index (χ1v) is 4.84. The topological polar surface area (TPSA) is 57.2 Å². The summed E-state index contributed by atoms with van der Waals surface area (Å²) in [6, 6.07) is 12.4. The van der Waals surface area contributed by atoms with Crippen LogP contribution in [0.2, 0.25) is 0 Å². The van der Waals surface area contributed by atoms with Gasteiger partial charge in [0.2, 0.25) is 0 Å². The van der Waals surface area contributed by atoms with Crippen LogP contribution in [0.5, 0.6) is 5.75 Å². The van der Waals surface area contributed by atoms with Crippen LogP contribution >= 0.6 is 0 Å². The fraction of sp³-hybridized carbons (Fsp3) is 0. The minimum Gasteiger partial charge on any atom is -0.508 e. The second-order valence-corrected chi connectivity index (χ2v) is 3.58. The first-order valence-electron chi connectivity index (χ1n) is 4.84. The summed E-state index contributed by atoms with van der Waals surface area (Å²) in [6.07, 6.45) is 0. The van der Waals surface area contributed by atoms with Crippen molar-refractivity contribution in [3.8, 4) is 11.8 Å². The van der Waals surface area contributed by atoms with Crippen LogP contribution in [0.15, 0.2) is 40.8 Å². The molecule has 0 bridgehead atoms. The highest BCUT2D eigenvalue weighted by Crippen LogP contribution is 2.32. The summed E-state index contributed by atoms with van der Waals surface area (Å²) >= 11 is 0. The van der Waals surface area contributed by atoms with Crippen molar-refractivity contribution in [2.45, 2.75) is 0 Å². The number of aromatic hydroxyl groups is 1. The van der Waals surface area contributed by atoms with Crippen molar-refractivity contribution < 1.29 is 9.52 Å². The first-order chi connectivity index (χ1) is 7.79. The van der Waals surface area contributed by atoms with E-state index in [1.807, 2.05) is 6.07 Å². The number of nitriles is 1. The highest BCUT2D eigenvalue weighted by Gasteiger charge is 2.10. The van der Waals surface area contributed by atoms with E-state index in [4.69, 9.17) is 9.68 Å². The highest BCUT2D eigenvalue weighted by atomic mass is 16.3. The number of nitrogens with zero attached hydrogens (tertiary/aromatic N) is 1. The van der Waals surface area contributed by atoms with Crippen molar-refractivity contribution in [3.63, 3.8) is 0 Å². The lowest BCUT2D eigenvalue weighted by Crippen LogP contribution is -1.73. The smallest absolute Gasteiger partial charge is 0.153 e. The van der Waals surface area contributed by atoms with Gasteiger partial charge in [-0.2, -0.15) is 5.26 Å². The van der Waals surface area contributed by atoms with Crippen molar-refractivity contribution in [3.05, 3.63) is 42.0 Å². The number of phenols is 1. The average Bonchev–Trinajstić information content (AvgIpc) is 2.67. The maximum atomic E-state index is 9.43. The van der Waals surface area contributed by atoms with Gasteiger partial charge in [0.05, 0.1) is 5.56 Å². The minimum atomic E-state index is 0.192. The van der Waals surface area contributed by atoms with Crippen LogP contribution < -0.4 is 0 Å². The van der Waals surface area contributed by atoms with Gasteiger partial charge < -0.3 is 9.52 Å². The van der Waals surface area contributed by atoms with Crippen LogP contribution in [0, 0.1) is 11.3 Å². The van der Waals surface area contributed by atoms with Gasteiger partial charge in [-0.3, -0.25) is 0 Å². The third kappa shape index (κ3) is 1.07. The molecule has 0 radical (unpaired) electrons. The quantitative estimate of drug-likeness (QED) is 0.618. The van der Waals surface area contributed by atoms with Crippen LogP contribution in [-0.4, -0.2) is 5.11 Å². The molecule has 76 valence electrons. The SMILES string of the molecule is N#Cc1cccc2c1oc1ccc(O)cc12. The molecule has 3 aromatic rings. The Balaban J connectivity index is 2.57. The Morgan fingerprint density at radius 2 is 2.00 bits per heavy atom. The molecule has 3 nitrogen and oxygen atoms in total. The van der Waals surface area contributed by atoms with E-state index >= 15 is 0 Å². The molecule has 0 aliphatic heterocycles. The predicted molar refractivity (Wildman–Crippen MR) is 60.1 cm³/mol. The van der Waals surface area contributed by atoms with Gasteiger partial charge >= 0.3 is 0 Å². The zero-order chi connectivity index (χ0) is 11.1. The molecule has 0 saturated carbocycles. The first kappa shape index (κ1) is 8.81. The summed E-state index contributed by atoms with van der Waals surface area (Å²) in [4.78, 5) is 0. The molecule has 3 rings (SSSR count). The van der Waals surface area contributed by atoms with Crippen LogP contribution in [0.1, 0.15) is 5.56 Å². The molecular formula is C13H7NO2. The fourth-order valence-corrected chi connectivity index (χ4v) is 1.87. The Kier molecular flexibility index (Phi) is 1.66. The van der Waals surface area contributed by atoms with E-state index in [-0.39, 0.29) is 5.75 Å². The molecule has 1 aromatic heterocycles. The number of hydrogen-bond donors (Lipinski definition) is 1. The Hall–Kier alpha value is -2.47. The minimum absolute atomic E-state index is 0.192. The van der Waals surface area contributed by atoms with E-state index in [2.05, 4.69) is 6.07 Å². The Bertz CT molecular complexity index is 735. The number of rotatable bonds is 0. The van der Waals surface area contributed by atoms with Gasteiger partial charge in [-0.1, -0.05) is 12.1 Å². The summed E-state index contributed by atoms with van der Waals surface area (Å²) in [6.45, 7) is 0. The standard InChI is InChI=1S/C13H7NO2/c14-7-8-2-1-3-10-11-6-9(15)4-5-12(11)16-13(8)10/h1-6,15H. The molecule has 3 heteroatoms. The van der Waals surface area contributed by atoms with Crippen LogP contribution in [0.25, 0.3) is 21.9 Å². The van der Waals surface area contributed by atoms with Crippen molar-refractivity contribution in [1.82, 2.24) is 0 Å². The molecule has 0 unspecified atom stereocenters. The van der Waals surface area contributed by atoms with Gasteiger partial charge in [-0.05, 0) is 24.3 Å². The molecule has 0 aliphatic rings. The third-order valence-electron chi connectivity index (χ3n) is 2.60. The number of para-hydroxylation sites is 1. The molecule has 0 amide bonds. The van der Waals surface area contributed by atoms with E-state index in [1.54, 1.807) is 30.3 Å². The number of benzene rings is 2. The van der Waals surface area contributed by atoms with Crippen LogP contribution in [0.3, 0.4) is 0 Å². The maximum Gasteiger partial charge on any atom is 0.153 e. The van der Waals surface area contributed by atoms with Crippen molar-refractivity contribution in [2.75, 3.05) is 0 Å². The Morgan fingerprint density at radius 3 is 2.81 bits per heavy atom. The van der Waals surface area contributed by atoms with Crippen molar-refractivity contribution in [1.29, 1.82) is 5.26 Å². The number of furan rings is 1. The lowest BCUT2D eigenvalue weighted by molar-refractivity contribution is 0.476. The van der Waals surface area contributed by atoms with E-state index < -0.39 is 0 Å². The van der Waals surface area contributed by atoms with E-state index in [0.717, 1.165) is 10.8 Å². The van der Waals surface area contributed by atoms with Crippen LogP contribution in [0.4, 0.5) is 0 Å². The maximum absolute atomic E-state index is 9.43. The molecule has 0 saturated heterocycles. The number of hydrogen-bond acceptors (Lipinski definition) is 3. The summed E-state index contributed by atoms with van der Waals surface area (Å²) in [5.41, 5.74) is 1.76. The molecule has 0 atom stereocenters. The highest BCUT2D eigenvalue weighted by molar-refractivity contribution is 6.06. The van der Waals surface area contributed by atoms with Gasteiger partial charge in [0.15, 0.2) is 5.58 Å². The van der Waals surface area contributed by atoms with E-state index in [9.17, 15) is 5.11 Å². The molecule has 1 heterocycles. The van der Waals surface area contributed by atoms with Gasteiger partial charge in [0, 0.05) is 10.8 Å². The molecule has 2 aromatic carbocycles. The van der Waals surface area contributed by atoms with E-state index in [1.165, 1.54) is 0 Å². The van der Waals surface area contributed by atoms with Crippen LogP contribution in [-0.2, 0) is 0 Å². The number of phenolic OH excluding ortho intramolecular Hbond substituents is 1. The molecule has 0 aliphatic carbocycles. The third-order valence-corrected chi connectivity index (χ3v) is 2.60. The molecule has 1 N–H and O–H groups in total. The van der Waals surface area contributed by atoms with Crippen molar-refractivity contribution in [2.24, 2.45) is 0 Å². The van der Waals surface area contributed by atoms with Gasteiger partial charge in [-0.15, -0.1) is 0 Å². The lowest BCUT2D eigenvalue weighted by atomic mass is 10.1. The Labute approximate surface area is 91.1 Å². The normalized spacial score (nSPS) is 10.7. The van der Waals surface area contributed by atoms with Gasteiger partial charge in [0.1, 0.15) is 17.4 Å².